The van der Waals surface area contributed by atoms with Crippen molar-refractivity contribution in [2.45, 2.75) is 0 Å². The van der Waals surface area contributed by atoms with E-state index in [1.165, 1.54) is 108 Å². The van der Waals surface area contributed by atoms with E-state index in [9.17, 15) is 0 Å². The molecule has 0 aliphatic heterocycles. The standard InChI is InChI=1S/C50H30/c1-5-13-39-31(9-1)17-19-35-21-23-37(29-45(35)39)47-43-27-25-34-12-4-8-16-42(34)50(43)48(44-28-26-33-11-3-7-15-41(33)49(44)47)38-24-22-36-20-18-32-10-2-6-14-40(32)46(36)30-38/h1-30H. The fourth-order valence-electron chi connectivity index (χ4n) is 8.68. The van der Waals surface area contributed by atoms with Crippen molar-refractivity contribution in [2.24, 2.45) is 0 Å². The largest absolute Gasteiger partial charge is 0.0616 e. The highest BCUT2D eigenvalue weighted by Crippen LogP contribution is 2.49. The van der Waals surface area contributed by atoms with Gasteiger partial charge in [-0.15, -0.1) is 0 Å². The third-order valence-electron chi connectivity index (χ3n) is 11.0. The molecule has 0 aliphatic rings. The van der Waals surface area contributed by atoms with Crippen LogP contribution in [0.25, 0.3) is 108 Å². The van der Waals surface area contributed by atoms with Crippen LogP contribution in [0.3, 0.4) is 0 Å². The Balaban J connectivity index is 1.36. The van der Waals surface area contributed by atoms with Gasteiger partial charge in [-0.1, -0.05) is 170 Å². The van der Waals surface area contributed by atoms with Crippen molar-refractivity contribution in [1.29, 1.82) is 0 Å². The van der Waals surface area contributed by atoms with Crippen molar-refractivity contribution in [3.8, 4) is 22.3 Å². The van der Waals surface area contributed by atoms with Gasteiger partial charge in [0, 0.05) is 0 Å². The maximum Gasteiger partial charge on any atom is -0.00141 e. The van der Waals surface area contributed by atoms with Crippen LogP contribution >= 0.6 is 0 Å². The molecule has 0 spiro atoms. The smallest absolute Gasteiger partial charge is 0.00141 e. The van der Waals surface area contributed by atoms with Crippen LogP contribution in [0.2, 0.25) is 0 Å². The molecule has 0 nitrogen and oxygen atoms in total. The molecule has 11 aromatic carbocycles. The Morgan fingerprint density at radius 3 is 0.920 bits per heavy atom. The van der Waals surface area contributed by atoms with Crippen LogP contribution in [0, 0.1) is 0 Å². The van der Waals surface area contributed by atoms with Crippen molar-refractivity contribution in [3.63, 3.8) is 0 Å². The molecule has 0 saturated heterocycles. The first-order chi connectivity index (χ1) is 24.8. The van der Waals surface area contributed by atoms with E-state index in [0.29, 0.717) is 0 Å². The van der Waals surface area contributed by atoms with Gasteiger partial charge >= 0.3 is 0 Å². The average Bonchev–Trinajstić information content (AvgIpc) is 3.19. The van der Waals surface area contributed by atoms with Crippen LogP contribution in [-0.4, -0.2) is 0 Å². The highest BCUT2D eigenvalue weighted by atomic mass is 14.2. The molecule has 0 radical (unpaired) electrons. The first-order valence-corrected chi connectivity index (χ1v) is 17.4. The van der Waals surface area contributed by atoms with Gasteiger partial charge in [0.15, 0.2) is 0 Å². The Labute approximate surface area is 289 Å². The number of hydrogen-bond donors (Lipinski definition) is 0. The van der Waals surface area contributed by atoms with Gasteiger partial charge in [0.25, 0.3) is 0 Å². The van der Waals surface area contributed by atoms with Gasteiger partial charge in [0.1, 0.15) is 0 Å². The molecule has 0 aliphatic carbocycles. The molecule has 11 rings (SSSR count). The maximum absolute atomic E-state index is 2.44. The van der Waals surface area contributed by atoms with Crippen molar-refractivity contribution in [2.75, 3.05) is 0 Å². The van der Waals surface area contributed by atoms with Crippen molar-refractivity contribution >= 4 is 86.2 Å². The molecular formula is C50H30. The highest BCUT2D eigenvalue weighted by molar-refractivity contribution is 6.32. The lowest BCUT2D eigenvalue weighted by atomic mass is 9.81. The van der Waals surface area contributed by atoms with E-state index in [2.05, 4.69) is 182 Å². The highest BCUT2D eigenvalue weighted by Gasteiger charge is 2.21. The first-order valence-electron chi connectivity index (χ1n) is 17.4. The summed E-state index contributed by atoms with van der Waals surface area (Å²) in [4.78, 5) is 0. The van der Waals surface area contributed by atoms with Crippen LogP contribution in [0.1, 0.15) is 0 Å². The molecule has 0 unspecified atom stereocenters. The zero-order valence-electron chi connectivity index (χ0n) is 27.3. The van der Waals surface area contributed by atoms with Crippen molar-refractivity contribution in [1.82, 2.24) is 0 Å². The summed E-state index contributed by atoms with van der Waals surface area (Å²) in [6.45, 7) is 0. The molecule has 0 fully saturated rings. The summed E-state index contributed by atoms with van der Waals surface area (Å²) in [6.07, 6.45) is 0. The van der Waals surface area contributed by atoms with Gasteiger partial charge in [0.05, 0.1) is 0 Å². The normalized spacial score (nSPS) is 12.0. The van der Waals surface area contributed by atoms with Crippen LogP contribution < -0.4 is 0 Å². The van der Waals surface area contributed by atoms with E-state index in [1.807, 2.05) is 0 Å². The van der Waals surface area contributed by atoms with E-state index in [1.54, 1.807) is 0 Å². The third-order valence-corrected chi connectivity index (χ3v) is 11.0. The third kappa shape index (κ3) is 3.94. The van der Waals surface area contributed by atoms with Gasteiger partial charge < -0.3 is 0 Å². The summed E-state index contributed by atoms with van der Waals surface area (Å²) in [7, 11) is 0. The van der Waals surface area contributed by atoms with E-state index in [4.69, 9.17) is 0 Å². The van der Waals surface area contributed by atoms with Crippen LogP contribution in [0.5, 0.6) is 0 Å². The Morgan fingerprint density at radius 1 is 0.200 bits per heavy atom. The summed E-state index contributed by atoms with van der Waals surface area (Å²) in [5, 5.41) is 20.4. The predicted octanol–water partition coefficient (Wildman–Crippen LogP) is 14.2. The first kappa shape index (κ1) is 27.5. The van der Waals surface area contributed by atoms with Gasteiger partial charge in [-0.05, 0) is 121 Å². The number of fused-ring (bicyclic) bond motifs is 12. The Hall–Kier alpha value is -6.50. The lowest BCUT2D eigenvalue weighted by Crippen LogP contribution is -1.94. The van der Waals surface area contributed by atoms with Crippen LogP contribution in [-0.2, 0) is 0 Å². The number of hydrogen-bond acceptors (Lipinski definition) is 0. The summed E-state index contributed by atoms with van der Waals surface area (Å²) in [5.74, 6) is 0. The zero-order valence-corrected chi connectivity index (χ0v) is 27.3. The minimum Gasteiger partial charge on any atom is -0.0616 e. The Morgan fingerprint density at radius 2 is 0.500 bits per heavy atom. The molecule has 50 heavy (non-hydrogen) atoms. The summed E-state index contributed by atoms with van der Waals surface area (Å²) < 4.78 is 0. The van der Waals surface area contributed by atoms with Crippen molar-refractivity contribution < 1.29 is 0 Å². The van der Waals surface area contributed by atoms with E-state index < -0.39 is 0 Å². The fraction of sp³-hybridized carbons (Fsp3) is 0. The lowest BCUT2D eigenvalue weighted by Gasteiger charge is -2.21. The lowest BCUT2D eigenvalue weighted by molar-refractivity contribution is 1.70. The Kier molecular flexibility index (Phi) is 5.76. The zero-order chi connectivity index (χ0) is 32.8. The summed E-state index contributed by atoms with van der Waals surface area (Å²) >= 11 is 0. The quantitative estimate of drug-likeness (QED) is 0.132. The van der Waals surface area contributed by atoms with E-state index in [0.717, 1.165) is 0 Å². The fourth-order valence-corrected chi connectivity index (χ4v) is 8.68. The van der Waals surface area contributed by atoms with Crippen molar-refractivity contribution in [3.05, 3.63) is 182 Å². The minimum atomic E-state index is 1.24. The molecule has 0 heteroatoms. The molecule has 0 N–H and O–H groups in total. The molecule has 0 heterocycles. The second-order valence-electron chi connectivity index (χ2n) is 13.6. The minimum absolute atomic E-state index is 1.24. The van der Waals surface area contributed by atoms with Gasteiger partial charge in [-0.3, -0.25) is 0 Å². The summed E-state index contributed by atoms with van der Waals surface area (Å²) in [5.41, 5.74) is 5.07. The molecule has 230 valence electrons. The molecule has 0 saturated carbocycles. The van der Waals surface area contributed by atoms with E-state index >= 15 is 0 Å². The predicted molar refractivity (Wildman–Crippen MR) is 217 cm³/mol. The van der Waals surface area contributed by atoms with E-state index in [-0.39, 0.29) is 0 Å². The molecule has 11 aromatic rings. The van der Waals surface area contributed by atoms with Crippen LogP contribution in [0.4, 0.5) is 0 Å². The molecule has 0 bridgehead atoms. The second-order valence-corrected chi connectivity index (χ2v) is 13.6. The summed E-state index contributed by atoms with van der Waals surface area (Å²) in [6, 6.07) is 67.8. The molecule has 0 amide bonds. The van der Waals surface area contributed by atoms with Gasteiger partial charge in [0.2, 0.25) is 0 Å². The monoisotopic (exact) mass is 630 g/mol. The molecular weight excluding hydrogens is 601 g/mol. The molecule has 0 aromatic heterocycles. The van der Waals surface area contributed by atoms with Crippen LogP contribution in [0.15, 0.2) is 182 Å². The number of benzene rings is 11. The number of rotatable bonds is 2. The second kappa shape index (κ2) is 10.5. The van der Waals surface area contributed by atoms with Gasteiger partial charge in [-0.2, -0.15) is 0 Å². The average molecular weight is 631 g/mol. The topological polar surface area (TPSA) is 0 Å². The maximum atomic E-state index is 2.44. The molecule has 0 atom stereocenters. The SMILES string of the molecule is c1ccc2c(c1)ccc1ccc(-c3c4ccc5ccccc5c4c(-c4ccc5ccc6ccccc6c5c4)c4ccc5ccccc5c34)cc12. The Bertz CT molecular complexity index is 2980. The van der Waals surface area contributed by atoms with Gasteiger partial charge in [-0.25, -0.2) is 0 Å².